The number of phenols is 1. The predicted octanol–water partition coefficient (Wildman–Crippen LogP) is 3.66. The number of aryl methyl sites for hydroxylation is 1. The topological polar surface area (TPSA) is 78.9 Å². The van der Waals surface area contributed by atoms with Gasteiger partial charge in [-0.2, -0.15) is 0 Å². The molecule has 0 bridgehead atoms. The lowest BCUT2D eigenvalue weighted by Gasteiger charge is -2.29. The van der Waals surface area contributed by atoms with Crippen molar-refractivity contribution in [1.82, 2.24) is 5.32 Å². The molecule has 0 aliphatic carbocycles. The van der Waals surface area contributed by atoms with Crippen LogP contribution in [0.3, 0.4) is 0 Å². The van der Waals surface area contributed by atoms with Crippen LogP contribution in [0.4, 0.5) is 5.69 Å². The molecule has 30 heavy (non-hydrogen) atoms. The summed E-state index contributed by atoms with van der Waals surface area (Å²) in [6.45, 7) is 7.79. The summed E-state index contributed by atoms with van der Waals surface area (Å²) in [5, 5.41) is 13.0. The Bertz CT molecular complexity index is 1060. The van der Waals surface area contributed by atoms with Gasteiger partial charge in [-0.1, -0.05) is 23.8 Å². The van der Waals surface area contributed by atoms with Gasteiger partial charge in [-0.15, -0.1) is 6.58 Å². The third-order valence-electron chi connectivity index (χ3n) is 4.55. The van der Waals surface area contributed by atoms with Crippen molar-refractivity contribution >= 4 is 40.9 Å². The molecular weight excluding hydrogens is 400 g/mol. The highest BCUT2D eigenvalue weighted by Gasteiger charge is 2.34. The number of anilines is 1. The van der Waals surface area contributed by atoms with E-state index in [9.17, 15) is 14.7 Å². The number of hydrogen-bond donors (Lipinski definition) is 2. The Hall–Kier alpha value is -3.45. The molecule has 2 amide bonds. The smallest absolute Gasteiger partial charge is 0.270 e. The molecule has 0 spiro atoms. The van der Waals surface area contributed by atoms with Crippen LogP contribution in [0.25, 0.3) is 6.08 Å². The summed E-state index contributed by atoms with van der Waals surface area (Å²) in [7, 11) is 0. The van der Waals surface area contributed by atoms with Crippen molar-refractivity contribution in [3.8, 4) is 11.5 Å². The molecule has 154 valence electrons. The van der Waals surface area contributed by atoms with Gasteiger partial charge < -0.3 is 9.84 Å². The van der Waals surface area contributed by atoms with Crippen molar-refractivity contribution in [2.24, 2.45) is 0 Å². The zero-order valence-electron chi connectivity index (χ0n) is 16.8. The van der Waals surface area contributed by atoms with Crippen molar-refractivity contribution in [2.75, 3.05) is 11.5 Å². The zero-order chi connectivity index (χ0) is 21.8. The average Bonchev–Trinajstić information content (AvgIpc) is 2.70. The van der Waals surface area contributed by atoms with Gasteiger partial charge in [0.2, 0.25) is 0 Å². The second-order valence-electron chi connectivity index (χ2n) is 6.75. The molecule has 1 aliphatic rings. The van der Waals surface area contributed by atoms with Crippen LogP contribution in [0.2, 0.25) is 0 Å². The summed E-state index contributed by atoms with van der Waals surface area (Å²) in [6.07, 6.45) is 3.52. The van der Waals surface area contributed by atoms with E-state index in [0.717, 1.165) is 5.56 Å². The van der Waals surface area contributed by atoms with E-state index in [1.165, 1.54) is 11.0 Å². The Morgan fingerprint density at radius 2 is 1.93 bits per heavy atom. The molecule has 7 heteroatoms. The number of hydrogen-bond acceptors (Lipinski definition) is 5. The monoisotopic (exact) mass is 422 g/mol. The second-order valence-corrected chi connectivity index (χ2v) is 7.13. The van der Waals surface area contributed by atoms with Crippen molar-refractivity contribution in [3.63, 3.8) is 0 Å². The van der Waals surface area contributed by atoms with Gasteiger partial charge in [-0.05, 0) is 68.4 Å². The maximum Gasteiger partial charge on any atom is 0.270 e. The SMILES string of the molecule is C=CCc1cc(C=C2C(=O)NC(=S)N(c3ccc(C)cc3)C2=O)cc(OCC)c1O. The molecule has 0 saturated carbocycles. The zero-order valence-corrected chi connectivity index (χ0v) is 17.6. The Balaban J connectivity index is 2.05. The van der Waals surface area contributed by atoms with E-state index in [-0.39, 0.29) is 22.2 Å². The van der Waals surface area contributed by atoms with Gasteiger partial charge in [0.05, 0.1) is 12.3 Å². The molecule has 1 saturated heterocycles. The predicted molar refractivity (Wildman–Crippen MR) is 121 cm³/mol. The molecule has 1 heterocycles. The number of nitrogens with zero attached hydrogens (tertiary/aromatic N) is 1. The highest BCUT2D eigenvalue weighted by Crippen LogP contribution is 2.33. The van der Waals surface area contributed by atoms with Crippen LogP contribution in [0, 0.1) is 6.92 Å². The van der Waals surface area contributed by atoms with E-state index >= 15 is 0 Å². The number of benzene rings is 2. The summed E-state index contributed by atoms with van der Waals surface area (Å²) in [5.74, 6) is -0.812. The average molecular weight is 423 g/mol. The summed E-state index contributed by atoms with van der Waals surface area (Å²) in [6, 6.07) is 10.5. The number of ether oxygens (including phenoxy) is 1. The van der Waals surface area contributed by atoms with E-state index in [2.05, 4.69) is 11.9 Å². The molecule has 3 rings (SSSR count). The van der Waals surface area contributed by atoms with Gasteiger partial charge in [0, 0.05) is 5.56 Å². The third-order valence-corrected chi connectivity index (χ3v) is 4.83. The van der Waals surface area contributed by atoms with Crippen LogP contribution < -0.4 is 15.0 Å². The van der Waals surface area contributed by atoms with Crippen LogP contribution in [0.5, 0.6) is 11.5 Å². The first-order chi connectivity index (χ1) is 14.3. The lowest BCUT2D eigenvalue weighted by Crippen LogP contribution is -2.54. The molecule has 2 aromatic rings. The number of aromatic hydroxyl groups is 1. The Morgan fingerprint density at radius 1 is 1.23 bits per heavy atom. The molecule has 1 fully saturated rings. The number of amides is 2. The number of carbonyl (C=O) groups excluding carboxylic acids is 2. The Morgan fingerprint density at radius 3 is 2.57 bits per heavy atom. The number of rotatable bonds is 6. The van der Waals surface area contributed by atoms with Crippen LogP contribution in [0.1, 0.15) is 23.6 Å². The minimum atomic E-state index is -0.579. The van der Waals surface area contributed by atoms with E-state index in [4.69, 9.17) is 17.0 Å². The van der Waals surface area contributed by atoms with E-state index in [1.54, 1.807) is 37.3 Å². The normalized spacial score (nSPS) is 15.3. The number of thiocarbonyl (C=S) groups is 1. The first kappa shape index (κ1) is 21.3. The fourth-order valence-corrected chi connectivity index (χ4v) is 3.38. The van der Waals surface area contributed by atoms with E-state index < -0.39 is 11.8 Å². The lowest BCUT2D eigenvalue weighted by molar-refractivity contribution is -0.122. The van der Waals surface area contributed by atoms with Crippen LogP contribution in [-0.4, -0.2) is 28.6 Å². The molecule has 2 N–H and O–H groups in total. The maximum atomic E-state index is 13.1. The molecule has 2 aromatic carbocycles. The van der Waals surface area contributed by atoms with Gasteiger partial charge in [0.15, 0.2) is 16.6 Å². The van der Waals surface area contributed by atoms with Crippen LogP contribution in [0.15, 0.2) is 54.6 Å². The molecule has 0 unspecified atom stereocenters. The van der Waals surface area contributed by atoms with Gasteiger partial charge in [-0.3, -0.25) is 19.8 Å². The highest BCUT2D eigenvalue weighted by molar-refractivity contribution is 7.80. The molecule has 0 aromatic heterocycles. The van der Waals surface area contributed by atoms with Gasteiger partial charge in [-0.25, -0.2) is 0 Å². The summed E-state index contributed by atoms with van der Waals surface area (Å²) >= 11 is 5.22. The first-order valence-corrected chi connectivity index (χ1v) is 9.84. The quantitative estimate of drug-likeness (QED) is 0.322. The summed E-state index contributed by atoms with van der Waals surface area (Å²) in [4.78, 5) is 27.0. The van der Waals surface area contributed by atoms with Crippen LogP contribution in [-0.2, 0) is 16.0 Å². The Kier molecular flexibility index (Phi) is 6.32. The Labute approximate surface area is 180 Å². The standard InChI is InChI=1S/C23H22N2O4S/c1-4-6-16-11-15(13-19(20(16)26)29-5-2)12-18-21(27)24-23(30)25(22(18)28)17-9-7-14(3)8-10-17/h4,7-13,26H,1,5-6H2,2-3H3,(H,24,27,30). The molecule has 0 atom stereocenters. The lowest BCUT2D eigenvalue weighted by atomic mass is 10.0. The van der Waals surface area contributed by atoms with Crippen molar-refractivity contribution in [3.05, 3.63) is 71.3 Å². The minimum Gasteiger partial charge on any atom is -0.504 e. The number of phenolic OH excluding ortho intramolecular Hbond substituents is 1. The summed E-state index contributed by atoms with van der Waals surface area (Å²) in [5.41, 5.74) is 2.66. The number of allylic oxidation sites excluding steroid dienone is 1. The number of nitrogens with one attached hydrogen (secondary N) is 1. The molecule has 1 aliphatic heterocycles. The van der Waals surface area contributed by atoms with Crippen molar-refractivity contribution in [2.45, 2.75) is 20.3 Å². The maximum absolute atomic E-state index is 13.1. The fraction of sp³-hybridized carbons (Fsp3) is 0.174. The molecule has 6 nitrogen and oxygen atoms in total. The highest BCUT2D eigenvalue weighted by atomic mass is 32.1. The second kappa shape index (κ2) is 8.92. The minimum absolute atomic E-state index is 0.0146. The largest absolute Gasteiger partial charge is 0.504 e. The first-order valence-electron chi connectivity index (χ1n) is 9.43. The molecule has 0 radical (unpaired) electrons. The van der Waals surface area contributed by atoms with Crippen molar-refractivity contribution < 1.29 is 19.4 Å². The molecular formula is C23H22N2O4S. The van der Waals surface area contributed by atoms with Crippen LogP contribution >= 0.6 is 12.2 Å². The van der Waals surface area contributed by atoms with E-state index in [0.29, 0.717) is 29.8 Å². The summed E-state index contributed by atoms with van der Waals surface area (Å²) < 4.78 is 5.50. The van der Waals surface area contributed by atoms with Gasteiger partial charge in [0.25, 0.3) is 11.8 Å². The van der Waals surface area contributed by atoms with Crippen molar-refractivity contribution in [1.29, 1.82) is 0 Å². The fourth-order valence-electron chi connectivity index (χ4n) is 3.10. The van der Waals surface area contributed by atoms with E-state index in [1.807, 2.05) is 19.1 Å². The number of carbonyl (C=O) groups is 2. The van der Waals surface area contributed by atoms with Gasteiger partial charge >= 0.3 is 0 Å². The third kappa shape index (κ3) is 4.26. The van der Waals surface area contributed by atoms with Gasteiger partial charge in [0.1, 0.15) is 5.57 Å².